The quantitative estimate of drug-likeness (QED) is 0.876. The zero-order valence-electron chi connectivity index (χ0n) is 11.4. The molecule has 1 aliphatic rings. The highest BCUT2D eigenvalue weighted by Crippen LogP contribution is 2.41. The maximum Gasteiger partial charge on any atom is 0.124 e. The Morgan fingerprint density at radius 1 is 1.30 bits per heavy atom. The minimum Gasteiger partial charge on any atom is -0.313 e. The fraction of sp³-hybridized carbons (Fsp3) is 0.294. The SMILES string of the molecule is CNC(CC1Cc2ccccc21)c1ccc(F)cc1Cl. The largest absolute Gasteiger partial charge is 0.313 e. The molecule has 20 heavy (non-hydrogen) atoms. The summed E-state index contributed by atoms with van der Waals surface area (Å²) >= 11 is 6.17. The molecule has 0 fully saturated rings. The first-order valence-electron chi connectivity index (χ1n) is 6.89. The first-order valence-corrected chi connectivity index (χ1v) is 7.27. The second-order valence-electron chi connectivity index (χ2n) is 5.34. The van der Waals surface area contributed by atoms with Crippen LogP contribution >= 0.6 is 11.6 Å². The topological polar surface area (TPSA) is 12.0 Å². The van der Waals surface area contributed by atoms with Crippen molar-refractivity contribution < 1.29 is 4.39 Å². The van der Waals surface area contributed by atoms with E-state index in [0.717, 1.165) is 18.4 Å². The van der Waals surface area contributed by atoms with Crippen LogP contribution < -0.4 is 5.32 Å². The number of hydrogen-bond acceptors (Lipinski definition) is 1. The molecule has 1 aliphatic carbocycles. The highest BCUT2D eigenvalue weighted by atomic mass is 35.5. The number of fused-ring (bicyclic) bond motifs is 1. The van der Waals surface area contributed by atoms with Crippen molar-refractivity contribution in [2.45, 2.75) is 24.8 Å². The first kappa shape index (κ1) is 13.6. The van der Waals surface area contributed by atoms with Crippen LogP contribution in [-0.2, 0) is 6.42 Å². The molecule has 2 unspecified atom stereocenters. The van der Waals surface area contributed by atoms with Crippen molar-refractivity contribution in [1.82, 2.24) is 5.32 Å². The van der Waals surface area contributed by atoms with Crippen LogP contribution in [0.25, 0.3) is 0 Å². The van der Waals surface area contributed by atoms with Crippen LogP contribution in [0.2, 0.25) is 5.02 Å². The third-order valence-corrected chi connectivity index (χ3v) is 4.50. The van der Waals surface area contributed by atoms with Gasteiger partial charge in [-0.3, -0.25) is 0 Å². The highest BCUT2D eigenvalue weighted by molar-refractivity contribution is 6.31. The van der Waals surface area contributed by atoms with Gasteiger partial charge in [0.25, 0.3) is 0 Å². The van der Waals surface area contributed by atoms with Crippen LogP contribution in [0.1, 0.15) is 35.1 Å². The minimum absolute atomic E-state index is 0.154. The second kappa shape index (κ2) is 5.55. The van der Waals surface area contributed by atoms with Gasteiger partial charge < -0.3 is 5.32 Å². The Balaban J connectivity index is 1.79. The summed E-state index contributed by atoms with van der Waals surface area (Å²) in [4.78, 5) is 0. The molecular weight excluding hydrogens is 273 g/mol. The maximum atomic E-state index is 13.1. The Bertz CT molecular complexity index is 626. The molecule has 2 aromatic rings. The van der Waals surface area contributed by atoms with Gasteiger partial charge in [-0.25, -0.2) is 4.39 Å². The van der Waals surface area contributed by atoms with E-state index >= 15 is 0 Å². The smallest absolute Gasteiger partial charge is 0.124 e. The van der Waals surface area contributed by atoms with E-state index in [9.17, 15) is 4.39 Å². The molecule has 3 rings (SSSR count). The molecule has 104 valence electrons. The van der Waals surface area contributed by atoms with E-state index in [1.54, 1.807) is 6.07 Å². The van der Waals surface area contributed by atoms with Gasteiger partial charge in [0.1, 0.15) is 5.82 Å². The van der Waals surface area contributed by atoms with E-state index in [-0.39, 0.29) is 11.9 Å². The van der Waals surface area contributed by atoms with E-state index in [1.165, 1.54) is 23.3 Å². The van der Waals surface area contributed by atoms with Gasteiger partial charge in [0.15, 0.2) is 0 Å². The number of rotatable bonds is 4. The Morgan fingerprint density at radius 3 is 2.80 bits per heavy atom. The van der Waals surface area contributed by atoms with Crippen LogP contribution in [-0.4, -0.2) is 7.05 Å². The van der Waals surface area contributed by atoms with Gasteiger partial charge in [-0.2, -0.15) is 0 Å². The molecule has 0 saturated carbocycles. The van der Waals surface area contributed by atoms with Crippen LogP contribution in [0, 0.1) is 5.82 Å². The lowest BCUT2D eigenvalue weighted by atomic mass is 9.74. The molecule has 0 heterocycles. The summed E-state index contributed by atoms with van der Waals surface area (Å²) < 4.78 is 13.1. The van der Waals surface area contributed by atoms with Crippen molar-refractivity contribution >= 4 is 11.6 Å². The van der Waals surface area contributed by atoms with Crippen molar-refractivity contribution in [2.75, 3.05) is 7.05 Å². The first-order chi connectivity index (χ1) is 9.69. The molecule has 0 spiro atoms. The lowest BCUT2D eigenvalue weighted by Crippen LogP contribution is -2.25. The maximum absolute atomic E-state index is 13.1. The van der Waals surface area contributed by atoms with E-state index < -0.39 is 0 Å². The Kier molecular flexibility index (Phi) is 3.77. The van der Waals surface area contributed by atoms with Gasteiger partial charge in [0.2, 0.25) is 0 Å². The average Bonchev–Trinajstić information content (AvgIpc) is 2.41. The molecule has 0 aromatic heterocycles. The van der Waals surface area contributed by atoms with Gasteiger partial charge in [-0.05, 0) is 54.6 Å². The van der Waals surface area contributed by atoms with Gasteiger partial charge in [0, 0.05) is 11.1 Å². The summed E-state index contributed by atoms with van der Waals surface area (Å²) in [5.41, 5.74) is 3.85. The van der Waals surface area contributed by atoms with Crippen molar-refractivity contribution in [2.24, 2.45) is 0 Å². The lowest BCUT2D eigenvalue weighted by molar-refractivity contribution is 0.452. The van der Waals surface area contributed by atoms with Crippen LogP contribution in [0.15, 0.2) is 42.5 Å². The predicted molar refractivity (Wildman–Crippen MR) is 80.7 cm³/mol. The number of nitrogens with one attached hydrogen (secondary N) is 1. The molecule has 2 atom stereocenters. The molecule has 1 nitrogen and oxygen atoms in total. The fourth-order valence-corrected chi connectivity index (χ4v) is 3.34. The third kappa shape index (κ3) is 2.46. The monoisotopic (exact) mass is 289 g/mol. The van der Waals surface area contributed by atoms with Crippen LogP contribution in [0.4, 0.5) is 4.39 Å². The molecule has 2 aromatic carbocycles. The van der Waals surface area contributed by atoms with Gasteiger partial charge in [0.05, 0.1) is 0 Å². The van der Waals surface area contributed by atoms with Crippen molar-refractivity contribution in [3.05, 3.63) is 70.0 Å². The summed E-state index contributed by atoms with van der Waals surface area (Å²) in [7, 11) is 1.93. The lowest BCUT2D eigenvalue weighted by Gasteiger charge is -2.33. The highest BCUT2D eigenvalue weighted by Gasteiger charge is 2.28. The van der Waals surface area contributed by atoms with Gasteiger partial charge in [-0.15, -0.1) is 0 Å². The second-order valence-corrected chi connectivity index (χ2v) is 5.75. The minimum atomic E-state index is -0.289. The molecule has 0 saturated heterocycles. The fourth-order valence-electron chi connectivity index (χ4n) is 3.04. The van der Waals surface area contributed by atoms with Crippen LogP contribution in [0.5, 0.6) is 0 Å². The normalized spacial score (nSPS) is 18.2. The molecule has 0 amide bonds. The molecule has 1 N–H and O–H groups in total. The zero-order chi connectivity index (χ0) is 14.1. The molecule has 0 radical (unpaired) electrons. The van der Waals surface area contributed by atoms with E-state index in [4.69, 9.17) is 11.6 Å². The van der Waals surface area contributed by atoms with Crippen LogP contribution in [0.3, 0.4) is 0 Å². The average molecular weight is 290 g/mol. The van der Waals surface area contributed by atoms with Crippen molar-refractivity contribution in [3.63, 3.8) is 0 Å². The standard InChI is InChI=1S/C17H17ClFN/c1-20-17(15-7-6-13(19)10-16(15)18)9-12-8-11-4-2-3-5-14(11)12/h2-7,10,12,17,20H,8-9H2,1H3. The van der Waals surface area contributed by atoms with E-state index in [1.807, 2.05) is 7.05 Å². The number of hydrogen-bond donors (Lipinski definition) is 1. The van der Waals surface area contributed by atoms with Crippen molar-refractivity contribution in [3.8, 4) is 0 Å². The molecular formula is C17H17ClFN. The summed E-state index contributed by atoms with van der Waals surface area (Å²) in [5, 5.41) is 3.80. The zero-order valence-corrected chi connectivity index (χ0v) is 12.1. The molecule has 3 heteroatoms. The number of benzene rings is 2. The van der Waals surface area contributed by atoms with Gasteiger partial charge >= 0.3 is 0 Å². The van der Waals surface area contributed by atoms with Crippen molar-refractivity contribution in [1.29, 1.82) is 0 Å². The Morgan fingerprint density at radius 2 is 2.10 bits per heavy atom. The molecule has 0 bridgehead atoms. The van der Waals surface area contributed by atoms with E-state index in [2.05, 4.69) is 29.6 Å². The summed E-state index contributed by atoms with van der Waals surface area (Å²) in [6.07, 6.45) is 2.10. The summed E-state index contributed by atoms with van der Waals surface area (Å²) in [5.74, 6) is 0.271. The summed E-state index contributed by atoms with van der Waals surface area (Å²) in [6, 6.07) is 13.3. The van der Waals surface area contributed by atoms with Gasteiger partial charge in [-0.1, -0.05) is 41.9 Å². The Hall–Kier alpha value is -1.38. The molecule has 0 aliphatic heterocycles. The summed E-state index contributed by atoms with van der Waals surface area (Å²) in [6.45, 7) is 0. The third-order valence-electron chi connectivity index (χ3n) is 4.17. The van der Waals surface area contributed by atoms with E-state index in [0.29, 0.717) is 10.9 Å². The Labute approximate surface area is 123 Å². The number of halogens is 2. The predicted octanol–water partition coefficient (Wildman–Crippen LogP) is 4.47.